The van der Waals surface area contributed by atoms with Gasteiger partial charge in [0.05, 0.1) is 16.7 Å². The Balaban J connectivity index is 1.21. The van der Waals surface area contributed by atoms with Crippen molar-refractivity contribution in [3.8, 4) is 17.1 Å². The number of rotatable bonds is 5. The summed E-state index contributed by atoms with van der Waals surface area (Å²) in [5, 5.41) is 7.05. The zero-order valence-electron chi connectivity index (χ0n) is 27.9. The monoisotopic (exact) mass is 683 g/mol. The number of anilines is 3. The summed E-state index contributed by atoms with van der Waals surface area (Å²) in [7, 11) is 0. The molecule has 0 aliphatic heterocycles. The molecule has 0 amide bonds. The summed E-state index contributed by atoms with van der Waals surface area (Å²) in [5.41, 5.74) is 9.25. The number of hydrogen-bond acceptors (Lipinski definition) is 4. The minimum absolute atomic E-state index is 0.616. The Kier molecular flexibility index (Phi) is 6.39. The molecular formula is C47H29N3OS. The van der Waals surface area contributed by atoms with E-state index in [4.69, 9.17) is 9.40 Å². The molecule has 244 valence electrons. The van der Waals surface area contributed by atoms with Gasteiger partial charge in [0.25, 0.3) is 0 Å². The van der Waals surface area contributed by atoms with E-state index in [1.165, 1.54) is 42.0 Å². The minimum atomic E-state index is 0.616. The van der Waals surface area contributed by atoms with Gasteiger partial charge in [-0.15, -0.1) is 11.3 Å². The van der Waals surface area contributed by atoms with Gasteiger partial charge in [0.2, 0.25) is 5.89 Å². The molecular weight excluding hydrogens is 655 g/mol. The third-order valence-corrected chi connectivity index (χ3v) is 11.3. The van der Waals surface area contributed by atoms with Gasteiger partial charge in [0.15, 0.2) is 5.58 Å². The van der Waals surface area contributed by atoms with Crippen molar-refractivity contribution in [3.05, 3.63) is 176 Å². The van der Waals surface area contributed by atoms with Gasteiger partial charge in [0.1, 0.15) is 5.52 Å². The van der Waals surface area contributed by atoms with Crippen LogP contribution < -0.4 is 4.90 Å². The van der Waals surface area contributed by atoms with Crippen LogP contribution in [-0.4, -0.2) is 9.55 Å². The van der Waals surface area contributed by atoms with Crippen LogP contribution in [0.4, 0.5) is 17.1 Å². The molecule has 0 atom stereocenters. The number of hydrogen-bond donors (Lipinski definition) is 0. The van der Waals surface area contributed by atoms with Crippen LogP contribution in [-0.2, 0) is 0 Å². The number of aromatic nitrogens is 2. The Morgan fingerprint density at radius 2 is 1.10 bits per heavy atom. The Morgan fingerprint density at radius 3 is 1.92 bits per heavy atom. The average Bonchev–Trinajstić information content (AvgIpc) is 3.91. The predicted molar refractivity (Wildman–Crippen MR) is 219 cm³/mol. The summed E-state index contributed by atoms with van der Waals surface area (Å²) in [6, 6.07) is 62.6. The van der Waals surface area contributed by atoms with Crippen molar-refractivity contribution in [3.63, 3.8) is 0 Å². The summed E-state index contributed by atoms with van der Waals surface area (Å²) in [4.78, 5) is 7.48. The highest BCUT2D eigenvalue weighted by Gasteiger charge is 2.23. The molecule has 3 aromatic heterocycles. The molecule has 0 bridgehead atoms. The lowest BCUT2D eigenvalue weighted by Gasteiger charge is -2.27. The Labute approximate surface area is 303 Å². The summed E-state index contributed by atoms with van der Waals surface area (Å²) in [6.45, 7) is 0. The van der Waals surface area contributed by atoms with Crippen LogP contribution in [0.15, 0.2) is 180 Å². The summed E-state index contributed by atoms with van der Waals surface area (Å²) < 4.78 is 11.5. The van der Waals surface area contributed by atoms with Crippen molar-refractivity contribution in [1.29, 1.82) is 0 Å². The van der Waals surface area contributed by atoms with Crippen molar-refractivity contribution in [2.75, 3.05) is 4.90 Å². The van der Waals surface area contributed by atoms with Crippen molar-refractivity contribution < 1.29 is 4.42 Å². The second-order valence-corrected chi connectivity index (χ2v) is 14.3. The van der Waals surface area contributed by atoms with Crippen LogP contribution in [0.1, 0.15) is 0 Å². The summed E-state index contributed by atoms with van der Waals surface area (Å²) >= 11 is 1.84. The van der Waals surface area contributed by atoms with E-state index in [0.29, 0.717) is 5.89 Å². The van der Waals surface area contributed by atoms with E-state index >= 15 is 0 Å². The molecule has 8 aromatic carbocycles. The Bertz CT molecular complexity index is 3140. The van der Waals surface area contributed by atoms with E-state index in [2.05, 4.69) is 155 Å². The van der Waals surface area contributed by atoms with E-state index in [9.17, 15) is 0 Å². The van der Waals surface area contributed by atoms with E-state index in [1.807, 2.05) is 41.7 Å². The molecule has 0 fully saturated rings. The Morgan fingerprint density at radius 1 is 0.481 bits per heavy atom. The number of para-hydroxylation sites is 2. The molecule has 11 aromatic rings. The predicted octanol–water partition coefficient (Wildman–Crippen LogP) is 13.6. The molecule has 0 saturated carbocycles. The first kappa shape index (κ1) is 29.1. The van der Waals surface area contributed by atoms with E-state index < -0.39 is 0 Å². The van der Waals surface area contributed by atoms with Gasteiger partial charge in [-0.25, -0.2) is 4.98 Å². The first-order valence-corrected chi connectivity index (χ1v) is 18.3. The van der Waals surface area contributed by atoms with Gasteiger partial charge >= 0.3 is 0 Å². The van der Waals surface area contributed by atoms with E-state index in [-0.39, 0.29) is 0 Å². The molecule has 0 radical (unpaired) electrons. The second-order valence-electron chi connectivity index (χ2n) is 13.2. The topological polar surface area (TPSA) is 34.2 Å². The number of benzene rings is 8. The van der Waals surface area contributed by atoms with Crippen LogP contribution in [0.5, 0.6) is 0 Å². The molecule has 0 aliphatic rings. The highest BCUT2D eigenvalue weighted by Crippen LogP contribution is 2.46. The summed E-state index contributed by atoms with van der Waals surface area (Å²) in [5.74, 6) is 0.616. The zero-order chi connectivity index (χ0) is 34.2. The maximum atomic E-state index is 6.53. The maximum Gasteiger partial charge on any atom is 0.227 e. The van der Waals surface area contributed by atoms with Crippen molar-refractivity contribution >= 4 is 92.2 Å². The van der Waals surface area contributed by atoms with Gasteiger partial charge < -0.3 is 13.9 Å². The SMILES string of the molecule is c1ccc(-c2nc3cc(N(c4ccc5sc6ccccc6c5c4)c4ccc5c(c4)c4ccccc4n5-c4ccccc4)c4ccccc4c3o2)cc1. The van der Waals surface area contributed by atoms with E-state index in [0.717, 1.165) is 50.2 Å². The fourth-order valence-electron chi connectivity index (χ4n) is 7.86. The quantitative estimate of drug-likeness (QED) is 0.181. The van der Waals surface area contributed by atoms with E-state index in [1.54, 1.807) is 0 Å². The fraction of sp³-hybridized carbons (Fsp3) is 0. The van der Waals surface area contributed by atoms with Gasteiger partial charge in [0, 0.05) is 64.3 Å². The van der Waals surface area contributed by atoms with Gasteiger partial charge in [-0.3, -0.25) is 0 Å². The minimum Gasteiger partial charge on any atom is -0.435 e. The standard InChI is InChI=1S/C47H29N3OS/c1-3-13-30(14-4-1)47-48-40-29-43(34-17-7-8-20-37(34)46(40)51-47)49(33-24-26-45-39(28-33)36-19-10-12-22-44(36)52-45)32-23-25-42-38(27-32)35-18-9-11-21-41(35)50(42)31-15-5-2-6-16-31/h1-29H. The number of thiophene rings is 1. The molecule has 3 heterocycles. The van der Waals surface area contributed by atoms with Crippen molar-refractivity contribution in [2.24, 2.45) is 0 Å². The van der Waals surface area contributed by atoms with Crippen LogP contribution in [0.2, 0.25) is 0 Å². The van der Waals surface area contributed by atoms with Crippen molar-refractivity contribution in [2.45, 2.75) is 0 Å². The van der Waals surface area contributed by atoms with Gasteiger partial charge in [-0.1, -0.05) is 97.1 Å². The third-order valence-electron chi connectivity index (χ3n) is 10.2. The fourth-order valence-corrected chi connectivity index (χ4v) is 8.95. The number of fused-ring (bicyclic) bond motifs is 9. The first-order chi connectivity index (χ1) is 25.8. The number of nitrogens with zero attached hydrogens (tertiary/aromatic N) is 3. The summed E-state index contributed by atoms with van der Waals surface area (Å²) in [6.07, 6.45) is 0. The van der Waals surface area contributed by atoms with Crippen LogP contribution in [0.25, 0.3) is 81.0 Å². The smallest absolute Gasteiger partial charge is 0.227 e. The molecule has 0 spiro atoms. The molecule has 4 nitrogen and oxygen atoms in total. The zero-order valence-corrected chi connectivity index (χ0v) is 28.7. The largest absolute Gasteiger partial charge is 0.435 e. The first-order valence-electron chi connectivity index (χ1n) is 17.5. The molecule has 0 saturated heterocycles. The second kappa shape index (κ2) is 11.4. The highest BCUT2D eigenvalue weighted by atomic mass is 32.1. The molecule has 0 N–H and O–H groups in total. The molecule has 0 unspecified atom stereocenters. The van der Waals surface area contributed by atoms with Crippen molar-refractivity contribution in [1.82, 2.24) is 9.55 Å². The molecule has 52 heavy (non-hydrogen) atoms. The van der Waals surface area contributed by atoms with Gasteiger partial charge in [-0.2, -0.15) is 0 Å². The van der Waals surface area contributed by atoms with Gasteiger partial charge in [-0.05, 0) is 78.9 Å². The molecule has 0 aliphatic carbocycles. The molecule has 11 rings (SSSR count). The maximum absolute atomic E-state index is 6.53. The Hall–Kier alpha value is -6.69. The lowest BCUT2D eigenvalue weighted by molar-refractivity contribution is 0.623. The van der Waals surface area contributed by atoms with Crippen LogP contribution in [0.3, 0.4) is 0 Å². The normalized spacial score (nSPS) is 11.8. The third kappa shape index (κ3) is 4.43. The lowest BCUT2D eigenvalue weighted by Crippen LogP contribution is -2.10. The lowest BCUT2D eigenvalue weighted by atomic mass is 10.0. The highest BCUT2D eigenvalue weighted by molar-refractivity contribution is 7.25. The average molecular weight is 684 g/mol. The van der Waals surface area contributed by atoms with Crippen LogP contribution in [0, 0.1) is 0 Å². The van der Waals surface area contributed by atoms with Crippen LogP contribution >= 0.6 is 11.3 Å². The molecule has 5 heteroatoms. The number of oxazole rings is 1.